The number of nitrogens with zero attached hydrogens (tertiary/aromatic N) is 3. The molecule has 1 saturated heterocycles. The molecule has 0 bridgehead atoms. The first-order chi connectivity index (χ1) is 19.8. The van der Waals surface area contributed by atoms with Crippen molar-refractivity contribution in [2.45, 2.75) is 54.3 Å². The fourth-order valence-electron chi connectivity index (χ4n) is 4.28. The Kier molecular flexibility index (Phi) is 11.7. The third-order valence-electron chi connectivity index (χ3n) is 6.26. The quantitative estimate of drug-likeness (QED) is 0.0577. The number of alkyl halides is 3. The highest BCUT2D eigenvalue weighted by Crippen LogP contribution is 2.34. The summed E-state index contributed by atoms with van der Waals surface area (Å²) in [6.07, 6.45) is -3.72. The molecule has 1 N–H and O–H groups in total. The molecule has 41 heavy (non-hydrogen) atoms. The van der Waals surface area contributed by atoms with E-state index in [1.54, 1.807) is 0 Å². The van der Waals surface area contributed by atoms with Gasteiger partial charge in [-0.15, -0.1) is 0 Å². The van der Waals surface area contributed by atoms with Gasteiger partial charge in [-0.05, 0) is 22.2 Å². The maximum atomic E-state index is 9.46. The lowest BCUT2D eigenvalue weighted by molar-refractivity contribution is -0.269. The SMILES string of the molecule is [N-]=[N+]=NC1C(OC(=N)C(Cl)(Cl)Cl)OC(COCc2ccccc2)[C@H](OCc2ccccc2)[C@@H]1OCc1ccccc1. The minimum absolute atomic E-state index is 0.0729. The van der Waals surface area contributed by atoms with E-state index in [9.17, 15) is 5.53 Å². The smallest absolute Gasteiger partial charge is 0.265 e. The highest BCUT2D eigenvalue weighted by atomic mass is 35.6. The van der Waals surface area contributed by atoms with Crippen molar-refractivity contribution < 1.29 is 23.7 Å². The van der Waals surface area contributed by atoms with Crippen molar-refractivity contribution in [3.63, 3.8) is 0 Å². The minimum atomic E-state index is -2.16. The monoisotopic (exact) mass is 618 g/mol. The van der Waals surface area contributed by atoms with Crippen molar-refractivity contribution >= 4 is 40.7 Å². The lowest BCUT2D eigenvalue weighted by Crippen LogP contribution is -2.61. The van der Waals surface area contributed by atoms with Crippen LogP contribution in [0.1, 0.15) is 16.7 Å². The first-order valence-corrected chi connectivity index (χ1v) is 13.9. The number of nitrogens with one attached hydrogen (secondary N) is 1. The molecule has 3 aromatic carbocycles. The van der Waals surface area contributed by atoms with Crippen LogP contribution in [0.4, 0.5) is 0 Å². The Hall–Kier alpha value is -2.85. The molecule has 0 aromatic heterocycles. The predicted molar refractivity (Wildman–Crippen MR) is 157 cm³/mol. The molecule has 3 aromatic rings. The Bertz CT molecular complexity index is 1280. The second-order valence-corrected chi connectivity index (χ2v) is 11.5. The lowest BCUT2D eigenvalue weighted by atomic mass is 9.96. The molecular formula is C29H29Cl3N4O5. The molecule has 4 rings (SSSR count). The molecule has 1 aliphatic rings. The van der Waals surface area contributed by atoms with Gasteiger partial charge in [-0.2, -0.15) is 0 Å². The van der Waals surface area contributed by atoms with Crippen molar-refractivity contribution in [1.82, 2.24) is 0 Å². The molecule has 3 unspecified atom stereocenters. The summed E-state index contributed by atoms with van der Waals surface area (Å²) in [5.41, 5.74) is 12.2. The average Bonchev–Trinajstić information content (AvgIpc) is 2.98. The second kappa shape index (κ2) is 15.4. The molecule has 9 nitrogen and oxygen atoms in total. The van der Waals surface area contributed by atoms with Gasteiger partial charge >= 0.3 is 0 Å². The van der Waals surface area contributed by atoms with E-state index in [1.165, 1.54) is 0 Å². The Labute approximate surface area is 253 Å². The number of hydrogen-bond donors (Lipinski definition) is 1. The van der Waals surface area contributed by atoms with Crippen LogP contribution >= 0.6 is 34.8 Å². The Morgan fingerprint density at radius 1 is 0.805 bits per heavy atom. The summed E-state index contributed by atoms with van der Waals surface area (Å²) in [6, 6.07) is 27.7. The lowest BCUT2D eigenvalue weighted by Gasteiger charge is -2.44. The maximum Gasteiger partial charge on any atom is 0.265 e. The number of azide groups is 1. The van der Waals surface area contributed by atoms with Crippen molar-refractivity contribution in [2.24, 2.45) is 5.11 Å². The molecule has 1 aliphatic heterocycles. The molecule has 1 fully saturated rings. The Morgan fingerprint density at radius 3 is 1.78 bits per heavy atom. The van der Waals surface area contributed by atoms with Gasteiger partial charge in [0.05, 0.1) is 26.4 Å². The third-order valence-corrected chi connectivity index (χ3v) is 6.77. The summed E-state index contributed by atoms with van der Waals surface area (Å²) < 4.78 is 28.4. The molecule has 0 radical (unpaired) electrons. The standard InChI is InChI=1S/C29H29Cl3N4O5/c30-29(31,32)28(33)41-27-24(35-36-34)26(39-18-22-14-8-3-9-15-22)25(38-17-21-12-6-2-7-13-21)23(40-27)19-37-16-20-10-4-1-5-11-20/h1-15,23-27,33H,16-19H2/t23?,24?,25-,26+,27?/m0/s1. The molecule has 12 heteroatoms. The molecular weight excluding hydrogens is 591 g/mol. The van der Waals surface area contributed by atoms with Gasteiger partial charge in [-0.3, -0.25) is 5.41 Å². The molecule has 0 spiro atoms. The third kappa shape index (κ3) is 9.33. The Morgan fingerprint density at radius 2 is 1.29 bits per heavy atom. The van der Waals surface area contributed by atoms with Crippen LogP contribution in [-0.2, 0) is 43.5 Å². The van der Waals surface area contributed by atoms with Gasteiger partial charge in [0.25, 0.3) is 3.79 Å². The van der Waals surface area contributed by atoms with Gasteiger partial charge < -0.3 is 23.7 Å². The largest absolute Gasteiger partial charge is 0.448 e. The average molecular weight is 620 g/mol. The van der Waals surface area contributed by atoms with Crippen LogP contribution in [-0.4, -0.2) is 46.9 Å². The molecule has 5 atom stereocenters. The van der Waals surface area contributed by atoms with Gasteiger partial charge in [0.1, 0.15) is 24.4 Å². The first kappa shape index (κ1) is 31.1. The van der Waals surface area contributed by atoms with Crippen LogP contribution in [0.15, 0.2) is 96.1 Å². The number of hydrogen-bond acceptors (Lipinski definition) is 7. The van der Waals surface area contributed by atoms with Crippen LogP contribution in [0.3, 0.4) is 0 Å². The van der Waals surface area contributed by atoms with E-state index < -0.39 is 40.3 Å². The molecule has 0 aliphatic carbocycles. The molecule has 1 heterocycles. The molecule has 0 saturated carbocycles. The highest BCUT2D eigenvalue weighted by molar-refractivity contribution is 6.76. The van der Waals surface area contributed by atoms with E-state index in [4.69, 9.17) is 63.9 Å². The van der Waals surface area contributed by atoms with Gasteiger partial charge in [0, 0.05) is 4.91 Å². The van der Waals surface area contributed by atoms with Gasteiger partial charge in [-0.25, -0.2) is 0 Å². The van der Waals surface area contributed by atoms with Crippen molar-refractivity contribution in [3.05, 3.63) is 118 Å². The van der Waals surface area contributed by atoms with E-state index in [1.807, 2.05) is 91.0 Å². The van der Waals surface area contributed by atoms with Crippen LogP contribution in [0.2, 0.25) is 0 Å². The predicted octanol–water partition coefficient (Wildman–Crippen LogP) is 7.14. The van der Waals surface area contributed by atoms with E-state index >= 15 is 0 Å². The van der Waals surface area contributed by atoms with Crippen LogP contribution < -0.4 is 0 Å². The zero-order chi connectivity index (χ0) is 29.1. The minimum Gasteiger partial charge on any atom is -0.448 e. The summed E-state index contributed by atoms with van der Waals surface area (Å²) in [7, 11) is 0. The van der Waals surface area contributed by atoms with E-state index in [-0.39, 0.29) is 19.8 Å². The van der Waals surface area contributed by atoms with Gasteiger partial charge in [0.2, 0.25) is 12.2 Å². The topological polar surface area (TPSA) is 119 Å². The fraction of sp³-hybridized carbons (Fsp3) is 0.345. The van der Waals surface area contributed by atoms with Crippen molar-refractivity contribution in [2.75, 3.05) is 6.61 Å². The Balaban J connectivity index is 1.63. The maximum absolute atomic E-state index is 9.46. The number of ether oxygens (including phenoxy) is 5. The second-order valence-electron chi connectivity index (χ2n) is 9.21. The summed E-state index contributed by atoms with van der Waals surface area (Å²) >= 11 is 17.6. The number of halogens is 3. The van der Waals surface area contributed by atoms with Gasteiger partial charge in [0.15, 0.2) is 0 Å². The van der Waals surface area contributed by atoms with Crippen LogP contribution in [0, 0.1) is 5.41 Å². The number of benzene rings is 3. The summed E-state index contributed by atoms with van der Waals surface area (Å²) in [4.78, 5) is 2.99. The first-order valence-electron chi connectivity index (χ1n) is 12.8. The number of rotatable bonds is 12. The highest BCUT2D eigenvalue weighted by Gasteiger charge is 2.50. The summed E-state index contributed by atoms with van der Waals surface area (Å²) in [6.45, 7) is 0.800. The van der Waals surface area contributed by atoms with Gasteiger partial charge in [-0.1, -0.05) is 131 Å². The zero-order valence-corrected chi connectivity index (χ0v) is 24.2. The van der Waals surface area contributed by atoms with E-state index in [0.29, 0.717) is 6.61 Å². The van der Waals surface area contributed by atoms with Crippen molar-refractivity contribution in [1.29, 1.82) is 5.41 Å². The normalized spacial score (nSPS) is 22.5. The van der Waals surface area contributed by atoms with Crippen LogP contribution in [0.25, 0.3) is 10.4 Å². The van der Waals surface area contributed by atoms with E-state index in [2.05, 4.69) is 10.0 Å². The summed E-state index contributed by atoms with van der Waals surface area (Å²) in [5, 5.41) is 12.0. The van der Waals surface area contributed by atoms with Crippen molar-refractivity contribution in [3.8, 4) is 0 Å². The van der Waals surface area contributed by atoms with Crippen LogP contribution in [0.5, 0.6) is 0 Å². The zero-order valence-electron chi connectivity index (χ0n) is 21.9. The summed E-state index contributed by atoms with van der Waals surface area (Å²) in [5.74, 6) is -0.694. The fourth-order valence-corrected chi connectivity index (χ4v) is 4.42. The van der Waals surface area contributed by atoms with E-state index in [0.717, 1.165) is 16.7 Å². The molecule has 0 amide bonds. The molecule has 216 valence electrons.